The van der Waals surface area contributed by atoms with Crippen molar-refractivity contribution in [2.75, 3.05) is 26.8 Å². The molecule has 3 atom stereocenters. The molecule has 2 rings (SSSR count). The van der Waals surface area contributed by atoms with E-state index in [1.54, 1.807) is 7.11 Å². The maximum atomic E-state index is 5.10. The van der Waals surface area contributed by atoms with Gasteiger partial charge in [0.25, 0.3) is 0 Å². The van der Waals surface area contributed by atoms with Crippen LogP contribution in [0.25, 0.3) is 0 Å². The summed E-state index contributed by atoms with van der Waals surface area (Å²) < 4.78 is 5.10. The maximum absolute atomic E-state index is 5.10. The number of hydrogen-bond donors (Lipinski definition) is 2. The lowest BCUT2D eigenvalue weighted by Crippen LogP contribution is -2.47. The molecule has 2 N–H and O–H groups in total. The Labute approximate surface area is 112 Å². The molecule has 0 radical (unpaired) electrons. The summed E-state index contributed by atoms with van der Waals surface area (Å²) in [5, 5.41) is 7.52. The highest BCUT2D eigenvalue weighted by Crippen LogP contribution is 2.30. The van der Waals surface area contributed by atoms with Crippen molar-refractivity contribution >= 4 is 0 Å². The number of hydrogen-bond acceptors (Lipinski definition) is 3. The van der Waals surface area contributed by atoms with E-state index in [0.29, 0.717) is 0 Å². The summed E-state index contributed by atoms with van der Waals surface area (Å²) in [4.78, 5) is 0. The number of methoxy groups -OCH3 is 1. The number of rotatable bonds is 7. The fourth-order valence-corrected chi connectivity index (χ4v) is 3.63. The van der Waals surface area contributed by atoms with Crippen LogP contribution < -0.4 is 10.6 Å². The minimum absolute atomic E-state index is 0.761. The summed E-state index contributed by atoms with van der Waals surface area (Å²) in [5.74, 6) is 0.878. The van der Waals surface area contributed by atoms with E-state index in [0.717, 1.165) is 31.2 Å². The molecular formula is C15H30N2O. The second kappa shape index (κ2) is 8.13. The van der Waals surface area contributed by atoms with Crippen molar-refractivity contribution in [2.24, 2.45) is 5.92 Å². The zero-order chi connectivity index (χ0) is 12.6. The van der Waals surface area contributed by atoms with Gasteiger partial charge >= 0.3 is 0 Å². The molecule has 2 aliphatic rings. The van der Waals surface area contributed by atoms with Crippen LogP contribution >= 0.6 is 0 Å². The minimum Gasteiger partial charge on any atom is -0.385 e. The van der Waals surface area contributed by atoms with Crippen molar-refractivity contribution in [2.45, 2.75) is 63.5 Å². The van der Waals surface area contributed by atoms with Crippen molar-refractivity contribution in [3.8, 4) is 0 Å². The zero-order valence-electron chi connectivity index (χ0n) is 11.9. The van der Waals surface area contributed by atoms with Gasteiger partial charge in [-0.1, -0.05) is 12.8 Å². The van der Waals surface area contributed by atoms with Gasteiger partial charge in [0, 0.05) is 25.8 Å². The van der Waals surface area contributed by atoms with E-state index in [1.165, 1.54) is 57.9 Å². The van der Waals surface area contributed by atoms with Crippen LogP contribution in [-0.4, -0.2) is 38.9 Å². The standard InChI is InChI=1S/C15H30N2O/c1-18-12-5-4-10-16-14-8-3-2-7-13(14)15-9-6-11-17-15/h13-17H,2-12H2,1H3. The molecule has 0 bridgehead atoms. The predicted molar refractivity (Wildman–Crippen MR) is 75.9 cm³/mol. The molecule has 1 aliphatic carbocycles. The van der Waals surface area contributed by atoms with Gasteiger partial charge in [-0.25, -0.2) is 0 Å². The van der Waals surface area contributed by atoms with Crippen LogP contribution in [0.5, 0.6) is 0 Å². The van der Waals surface area contributed by atoms with Crippen LogP contribution in [0, 0.1) is 5.92 Å². The summed E-state index contributed by atoms with van der Waals surface area (Å²) in [7, 11) is 1.79. The lowest BCUT2D eigenvalue weighted by Gasteiger charge is -2.36. The molecule has 0 aromatic heterocycles. The molecule has 18 heavy (non-hydrogen) atoms. The van der Waals surface area contributed by atoms with E-state index in [4.69, 9.17) is 4.74 Å². The molecule has 1 aliphatic heterocycles. The number of nitrogens with one attached hydrogen (secondary N) is 2. The van der Waals surface area contributed by atoms with Crippen LogP contribution in [0.1, 0.15) is 51.4 Å². The van der Waals surface area contributed by atoms with Crippen molar-refractivity contribution in [1.29, 1.82) is 0 Å². The quantitative estimate of drug-likeness (QED) is 0.684. The van der Waals surface area contributed by atoms with Gasteiger partial charge in [-0.3, -0.25) is 0 Å². The first-order chi connectivity index (χ1) is 8.92. The van der Waals surface area contributed by atoms with Crippen molar-refractivity contribution < 1.29 is 4.74 Å². The Bertz CT molecular complexity index is 217. The van der Waals surface area contributed by atoms with Gasteiger partial charge in [0.1, 0.15) is 0 Å². The van der Waals surface area contributed by atoms with Crippen LogP contribution in [0.2, 0.25) is 0 Å². The van der Waals surface area contributed by atoms with Crippen molar-refractivity contribution in [1.82, 2.24) is 10.6 Å². The number of ether oxygens (including phenoxy) is 1. The lowest BCUT2D eigenvalue weighted by atomic mass is 9.79. The van der Waals surface area contributed by atoms with E-state index >= 15 is 0 Å². The molecule has 0 amide bonds. The Morgan fingerprint density at radius 2 is 2.00 bits per heavy atom. The molecule has 0 spiro atoms. The topological polar surface area (TPSA) is 33.3 Å². The minimum atomic E-state index is 0.761. The smallest absolute Gasteiger partial charge is 0.0462 e. The molecule has 1 heterocycles. The summed E-state index contributed by atoms with van der Waals surface area (Å²) in [6, 6.07) is 1.55. The third-order valence-corrected chi connectivity index (χ3v) is 4.62. The summed E-state index contributed by atoms with van der Waals surface area (Å²) in [5.41, 5.74) is 0. The van der Waals surface area contributed by atoms with E-state index in [1.807, 2.05) is 0 Å². The first-order valence-corrected chi connectivity index (χ1v) is 7.87. The van der Waals surface area contributed by atoms with E-state index in [2.05, 4.69) is 10.6 Å². The zero-order valence-corrected chi connectivity index (χ0v) is 11.9. The fraction of sp³-hybridized carbons (Fsp3) is 1.00. The lowest BCUT2D eigenvalue weighted by molar-refractivity contribution is 0.187. The SMILES string of the molecule is COCCCCNC1CCCCC1C1CCCN1. The fourth-order valence-electron chi connectivity index (χ4n) is 3.63. The maximum Gasteiger partial charge on any atom is 0.0462 e. The average Bonchev–Trinajstić information content (AvgIpc) is 2.93. The highest BCUT2D eigenvalue weighted by atomic mass is 16.5. The summed E-state index contributed by atoms with van der Waals surface area (Å²) in [6.07, 6.45) is 10.9. The second-order valence-electron chi connectivity index (χ2n) is 5.91. The monoisotopic (exact) mass is 254 g/mol. The first kappa shape index (κ1) is 14.3. The largest absolute Gasteiger partial charge is 0.385 e. The molecule has 3 heteroatoms. The van der Waals surface area contributed by atoms with Crippen molar-refractivity contribution in [3.05, 3.63) is 0 Å². The van der Waals surface area contributed by atoms with Gasteiger partial charge < -0.3 is 15.4 Å². The molecule has 0 aromatic carbocycles. The van der Waals surface area contributed by atoms with E-state index < -0.39 is 0 Å². The van der Waals surface area contributed by atoms with Gasteiger partial charge in [0.05, 0.1) is 0 Å². The van der Waals surface area contributed by atoms with E-state index in [9.17, 15) is 0 Å². The molecule has 0 aromatic rings. The molecular weight excluding hydrogens is 224 g/mol. The normalized spacial score (nSPS) is 32.8. The van der Waals surface area contributed by atoms with Gasteiger partial charge in [0.2, 0.25) is 0 Å². The van der Waals surface area contributed by atoms with Crippen molar-refractivity contribution in [3.63, 3.8) is 0 Å². The Kier molecular flexibility index (Phi) is 6.46. The van der Waals surface area contributed by atoms with Gasteiger partial charge in [-0.05, 0) is 57.5 Å². The molecule has 3 nitrogen and oxygen atoms in total. The second-order valence-corrected chi connectivity index (χ2v) is 5.91. The molecule has 106 valence electrons. The Balaban J connectivity index is 1.69. The van der Waals surface area contributed by atoms with Gasteiger partial charge in [0.15, 0.2) is 0 Å². The van der Waals surface area contributed by atoms with E-state index in [-0.39, 0.29) is 0 Å². The Morgan fingerprint density at radius 1 is 1.11 bits per heavy atom. The van der Waals surface area contributed by atoms with Gasteiger partial charge in [-0.15, -0.1) is 0 Å². The highest BCUT2D eigenvalue weighted by molar-refractivity contribution is 4.91. The summed E-state index contributed by atoms with van der Waals surface area (Å²) in [6.45, 7) is 3.30. The average molecular weight is 254 g/mol. The van der Waals surface area contributed by atoms with Crippen LogP contribution in [-0.2, 0) is 4.74 Å². The summed E-state index contributed by atoms with van der Waals surface area (Å²) >= 11 is 0. The molecule has 2 fully saturated rings. The third kappa shape index (κ3) is 4.22. The van der Waals surface area contributed by atoms with Gasteiger partial charge in [-0.2, -0.15) is 0 Å². The van der Waals surface area contributed by atoms with Crippen LogP contribution in [0.4, 0.5) is 0 Å². The molecule has 1 saturated heterocycles. The highest BCUT2D eigenvalue weighted by Gasteiger charge is 2.32. The van der Waals surface area contributed by atoms with Crippen LogP contribution in [0.15, 0.2) is 0 Å². The molecule has 1 saturated carbocycles. The Hall–Kier alpha value is -0.120. The van der Waals surface area contributed by atoms with Crippen LogP contribution in [0.3, 0.4) is 0 Å². The third-order valence-electron chi connectivity index (χ3n) is 4.62. The Morgan fingerprint density at radius 3 is 2.78 bits per heavy atom. The predicted octanol–water partition coefficient (Wildman–Crippen LogP) is 2.31. The first-order valence-electron chi connectivity index (χ1n) is 7.87. The molecule has 3 unspecified atom stereocenters. The number of unbranched alkanes of at least 4 members (excludes halogenated alkanes) is 1.